The summed E-state index contributed by atoms with van der Waals surface area (Å²) in [5, 5.41) is 20.1. The van der Waals surface area contributed by atoms with Gasteiger partial charge in [0, 0.05) is 5.56 Å². The van der Waals surface area contributed by atoms with Gasteiger partial charge in [-0.25, -0.2) is 14.5 Å². The van der Waals surface area contributed by atoms with E-state index in [0.717, 1.165) is 21.6 Å². The number of nitrogens with two attached hydrogens (primary N) is 1. The molecule has 0 aliphatic carbocycles. The highest BCUT2D eigenvalue weighted by atomic mass is 16.4. The second-order valence-electron chi connectivity index (χ2n) is 8.12. The van der Waals surface area contributed by atoms with Gasteiger partial charge in [-0.15, -0.1) is 0 Å². The second kappa shape index (κ2) is 9.58. The largest absolute Gasteiger partial charge is 0.480 e. The first-order valence-electron chi connectivity index (χ1n) is 10.8. The van der Waals surface area contributed by atoms with Gasteiger partial charge in [0.25, 0.3) is 0 Å². The van der Waals surface area contributed by atoms with Gasteiger partial charge in [0.05, 0.1) is 12.0 Å². The minimum Gasteiger partial charge on any atom is -0.480 e. The number of amidine groups is 1. The van der Waals surface area contributed by atoms with Crippen molar-refractivity contribution in [2.24, 2.45) is 11.7 Å². The normalized spacial score (nSPS) is 17.2. The lowest BCUT2D eigenvalue weighted by Crippen LogP contribution is -2.68. The lowest BCUT2D eigenvalue weighted by Gasteiger charge is -2.43. The van der Waals surface area contributed by atoms with E-state index in [-0.39, 0.29) is 12.3 Å². The quantitative estimate of drug-likeness (QED) is 0.246. The summed E-state index contributed by atoms with van der Waals surface area (Å²) in [4.78, 5) is 38.8. The highest BCUT2D eigenvalue weighted by molar-refractivity contribution is 6.07. The third kappa shape index (κ3) is 4.52. The maximum absolute atomic E-state index is 13.1. The first-order chi connectivity index (χ1) is 16.4. The first kappa shape index (κ1) is 22.7. The minimum absolute atomic E-state index is 0.0797. The zero-order valence-corrected chi connectivity index (χ0v) is 18.2. The molecule has 1 aliphatic rings. The number of amides is 3. The van der Waals surface area contributed by atoms with Crippen LogP contribution in [0.3, 0.4) is 0 Å². The number of nitrogens with zero attached hydrogens (tertiary/aromatic N) is 1. The van der Waals surface area contributed by atoms with Crippen molar-refractivity contribution in [1.82, 2.24) is 10.2 Å². The Labute approximate surface area is 196 Å². The Morgan fingerprint density at radius 3 is 1.94 bits per heavy atom. The number of rotatable bonds is 7. The standard InChI is InChI=1S/C26H24N4O4/c27-23(28)19-13-11-16(12-14-19)15-20-22(25(32)33)30(24(20)31)26(34)29-21(17-7-3-1-4-8-17)18-9-5-2-6-10-18/h1-14,20-22H,15H2,(H3,27,28)(H,29,34)(H,32,33). The van der Waals surface area contributed by atoms with Crippen molar-refractivity contribution < 1.29 is 19.5 Å². The second-order valence-corrected chi connectivity index (χ2v) is 8.12. The van der Waals surface area contributed by atoms with Gasteiger partial charge < -0.3 is 16.2 Å². The lowest BCUT2D eigenvalue weighted by molar-refractivity contribution is -0.165. The average Bonchev–Trinajstić information content (AvgIpc) is 2.85. The number of hydrogen-bond donors (Lipinski definition) is 4. The van der Waals surface area contributed by atoms with Gasteiger partial charge in [-0.2, -0.15) is 0 Å². The number of imide groups is 1. The molecule has 3 aromatic carbocycles. The first-order valence-corrected chi connectivity index (χ1v) is 10.8. The van der Waals surface area contributed by atoms with Crippen LogP contribution in [-0.2, 0) is 16.0 Å². The van der Waals surface area contributed by atoms with Crippen molar-refractivity contribution in [3.05, 3.63) is 107 Å². The van der Waals surface area contributed by atoms with Crippen molar-refractivity contribution in [2.45, 2.75) is 18.5 Å². The molecule has 1 heterocycles. The Hall–Kier alpha value is -4.46. The third-order valence-electron chi connectivity index (χ3n) is 5.94. The number of nitrogens with one attached hydrogen (secondary N) is 2. The smallest absolute Gasteiger partial charge is 0.327 e. The van der Waals surface area contributed by atoms with Gasteiger partial charge >= 0.3 is 12.0 Å². The predicted octanol–water partition coefficient (Wildman–Crippen LogP) is 2.92. The summed E-state index contributed by atoms with van der Waals surface area (Å²) in [6, 6.07) is 22.7. The molecule has 0 saturated carbocycles. The van der Waals surface area contributed by atoms with Crippen LogP contribution >= 0.6 is 0 Å². The van der Waals surface area contributed by atoms with Crippen LogP contribution in [0.2, 0.25) is 0 Å². The predicted molar refractivity (Wildman–Crippen MR) is 126 cm³/mol. The van der Waals surface area contributed by atoms with E-state index in [1.807, 2.05) is 60.7 Å². The van der Waals surface area contributed by atoms with Gasteiger partial charge in [0.1, 0.15) is 5.84 Å². The van der Waals surface area contributed by atoms with E-state index >= 15 is 0 Å². The van der Waals surface area contributed by atoms with Crippen molar-refractivity contribution >= 4 is 23.7 Å². The summed E-state index contributed by atoms with van der Waals surface area (Å²) >= 11 is 0. The number of carbonyl (C=O) groups excluding carboxylic acids is 2. The summed E-state index contributed by atoms with van der Waals surface area (Å²) in [7, 11) is 0. The molecule has 3 aromatic rings. The molecule has 1 aliphatic heterocycles. The maximum Gasteiger partial charge on any atom is 0.327 e. The third-order valence-corrected chi connectivity index (χ3v) is 5.94. The molecule has 172 valence electrons. The number of carboxylic acids is 1. The Balaban J connectivity index is 1.53. The van der Waals surface area contributed by atoms with E-state index in [1.54, 1.807) is 24.3 Å². The van der Waals surface area contributed by atoms with Crippen LogP contribution in [0.15, 0.2) is 84.9 Å². The molecule has 0 spiro atoms. The zero-order chi connectivity index (χ0) is 24.2. The van der Waals surface area contributed by atoms with Crippen LogP contribution < -0.4 is 11.1 Å². The number of aliphatic carboxylic acids is 1. The van der Waals surface area contributed by atoms with Crippen LogP contribution in [0.4, 0.5) is 4.79 Å². The van der Waals surface area contributed by atoms with Crippen LogP contribution in [-0.4, -0.2) is 39.8 Å². The van der Waals surface area contributed by atoms with Gasteiger partial charge in [-0.3, -0.25) is 10.2 Å². The molecule has 0 aromatic heterocycles. The monoisotopic (exact) mass is 456 g/mol. The van der Waals surface area contributed by atoms with Gasteiger partial charge in [-0.05, 0) is 23.1 Å². The molecule has 1 fully saturated rings. The fraction of sp³-hybridized carbons (Fsp3) is 0.154. The van der Waals surface area contributed by atoms with Gasteiger partial charge in [0.15, 0.2) is 6.04 Å². The Morgan fingerprint density at radius 2 is 1.47 bits per heavy atom. The number of benzene rings is 3. The molecule has 8 heteroatoms. The van der Waals surface area contributed by atoms with Crippen LogP contribution in [0.25, 0.3) is 0 Å². The number of β-lactam (4-membered cyclic amide) rings is 1. The molecular formula is C26H24N4O4. The van der Waals surface area contributed by atoms with E-state index in [2.05, 4.69) is 5.32 Å². The molecule has 5 N–H and O–H groups in total. The summed E-state index contributed by atoms with van der Waals surface area (Å²) in [5.74, 6) is -2.72. The van der Waals surface area contributed by atoms with Crippen LogP contribution in [0, 0.1) is 11.3 Å². The fourth-order valence-corrected chi connectivity index (χ4v) is 4.17. The molecule has 2 unspecified atom stereocenters. The molecule has 4 rings (SSSR count). The summed E-state index contributed by atoms with van der Waals surface area (Å²) in [6.07, 6.45) is 0.165. The Bertz CT molecular complexity index is 1170. The van der Waals surface area contributed by atoms with Crippen molar-refractivity contribution in [3.8, 4) is 0 Å². The van der Waals surface area contributed by atoms with Crippen molar-refractivity contribution in [1.29, 1.82) is 5.41 Å². The summed E-state index contributed by atoms with van der Waals surface area (Å²) in [6.45, 7) is 0. The lowest BCUT2D eigenvalue weighted by atomic mass is 9.82. The number of carbonyl (C=O) groups is 3. The average molecular weight is 457 g/mol. The summed E-state index contributed by atoms with van der Waals surface area (Å²) in [5.41, 5.74) is 8.34. The van der Waals surface area contributed by atoms with Crippen molar-refractivity contribution in [2.75, 3.05) is 0 Å². The number of carboxylic acid groups (broad SMARTS) is 1. The highest BCUT2D eigenvalue weighted by Gasteiger charge is 2.54. The molecule has 0 radical (unpaired) electrons. The number of urea groups is 1. The number of nitrogen functional groups attached to an aromatic ring is 1. The molecule has 34 heavy (non-hydrogen) atoms. The van der Waals surface area contributed by atoms with E-state index in [9.17, 15) is 19.5 Å². The van der Waals surface area contributed by atoms with Crippen LogP contribution in [0.1, 0.15) is 28.3 Å². The van der Waals surface area contributed by atoms with E-state index in [4.69, 9.17) is 11.1 Å². The van der Waals surface area contributed by atoms with E-state index < -0.39 is 35.9 Å². The summed E-state index contributed by atoms with van der Waals surface area (Å²) < 4.78 is 0. The topological polar surface area (TPSA) is 137 Å². The fourth-order valence-electron chi connectivity index (χ4n) is 4.17. The van der Waals surface area contributed by atoms with E-state index in [0.29, 0.717) is 5.56 Å². The van der Waals surface area contributed by atoms with Gasteiger partial charge in [0.2, 0.25) is 5.91 Å². The van der Waals surface area contributed by atoms with Gasteiger partial charge in [-0.1, -0.05) is 84.9 Å². The molecule has 2 atom stereocenters. The Morgan fingerprint density at radius 1 is 0.941 bits per heavy atom. The number of likely N-dealkylation sites (tertiary alicyclic amines) is 1. The molecule has 1 saturated heterocycles. The molecule has 0 bridgehead atoms. The molecule has 8 nitrogen and oxygen atoms in total. The Kier molecular flexibility index (Phi) is 6.40. The van der Waals surface area contributed by atoms with E-state index in [1.165, 1.54) is 0 Å². The SMILES string of the molecule is N=C(N)c1ccc(CC2C(=O)N(C(=O)NC(c3ccccc3)c3ccccc3)C2C(=O)O)cc1. The number of hydrogen-bond acceptors (Lipinski definition) is 4. The molecule has 3 amide bonds. The van der Waals surface area contributed by atoms with Crippen LogP contribution in [0.5, 0.6) is 0 Å². The minimum atomic E-state index is -1.27. The maximum atomic E-state index is 13.1. The van der Waals surface area contributed by atoms with Crippen molar-refractivity contribution in [3.63, 3.8) is 0 Å². The molecular weight excluding hydrogens is 432 g/mol. The zero-order valence-electron chi connectivity index (χ0n) is 18.2. The highest BCUT2D eigenvalue weighted by Crippen LogP contribution is 2.32.